The molecule has 12 heteroatoms. The molecule has 1 unspecified atom stereocenters. The van der Waals surface area contributed by atoms with Gasteiger partial charge < -0.3 is 10.5 Å². The van der Waals surface area contributed by atoms with Gasteiger partial charge in [-0.1, -0.05) is 12.1 Å². The lowest BCUT2D eigenvalue weighted by molar-refractivity contribution is -0.507. The van der Waals surface area contributed by atoms with Gasteiger partial charge in [-0.3, -0.25) is 19.6 Å². The molecule has 0 saturated heterocycles. The van der Waals surface area contributed by atoms with Gasteiger partial charge in [0.2, 0.25) is 16.1 Å². The number of aromatic nitrogens is 1. The fourth-order valence-corrected chi connectivity index (χ4v) is 2.53. The van der Waals surface area contributed by atoms with Crippen LogP contribution < -0.4 is 10.0 Å². The smallest absolute Gasteiger partial charge is 0.253 e. The molecule has 11 nitrogen and oxygen atoms in total. The average molecular weight is 399 g/mol. The zero-order valence-electron chi connectivity index (χ0n) is 15.0. The third-order valence-corrected chi connectivity index (χ3v) is 4.07. The van der Waals surface area contributed by atoms with E-state index in [4.69, 9.17) is 5.21 Å². The van der Waals surface area contributed by atoms with Crippen molar-refractivity contribution in [1.29, 1.82) is 0 Å². The Balaban J connectivity index is 2.78. The molecule has 0 aromatic carbocycles. The van der Waals surface area contributed by atoms with Crippen LogP contribution in [0.3, 0.4) is 0 Å². The third-order valence-electron chi connectivity index (χ3n) is 3.49. The number of amides is 1. The van der Waals surface area contributed by atoms with Crippen LogP contribution in [-0.2, 0) is 10.0 Å². The molecule has 0 aliphatic rings. The summed E-state index contributed by atoms with van der Waals surface area (Å²) in [5.41, 5.74) is 0.654. The summed E-state index contributed by atoms with van der Waals surface area (Å²) >= 11 is 0. The van der Waals surface area contributed by atoms with Crippen LogP contribution in [0.15, 0.2) is 35.1 Å². The van der Waals surface area contributed by atoms with Crippen molar-refractivity contribution in [2.75, 3.05) is 17.5 Å². The maximum absolute atomic E-state index is 12.1. The average Bonchev–Trinajstić information content (AvgIpc) is 2.60. The van der Waals surface area contributed by atoms with Crippen LogP contribution in [0.4, 0.5) is 5.82 Å². The van der Waals surface area contributed by atoms with Crippen LogP contribution in [0.25, 0.3) is 0 Å². The van der Waals surface area contributed by atoms with Crippen molar-refractivity contribution in [3.8, 4) is 0 Å². The van der Waals surface area contributed by atoms with Crippen molar-refractivity contribution < 1.29 is 23.3 Å². The number of nitrogens with zero attached hydrogens (tertiary/aromatic N) is 3. The molecule has 0 fully saturated rings. The van der Waals surface area contributed by atoms with E-state index in [2.05, 4.69) is 20.2 Å². The van der Waals surface area contributed by atoms with Gasteiger partial charge in [-0.15, -0.1) is 0 Å². The summed E-state index contributed by atoms with van der Waals surface area (Å²) in [6.07, 6.45) is 3.91. The predicted octanol–water partition coefficient (Wildman–Crippen LogP) is 1.01. The summed E-state index contributed by atoms with van der Waals surface area (Å²) in [6.45, 7) is 2.99. The molecule has 27 heavy (non-hydrogen) atoms. The largest absolute Gasteiger partial charge is 0.411 e. The molecule has 1 atom stereocenters. The van der Waals surface area contributed by atoms with Gasteiger partial charge in [0.1, 0.15) is 5.82 Å². The van der Waals surface area contributed by atoms with Crippen LogP contribution in [0.5, 0.6) is 0 Å². The third kappa shape index (κ3) is 7.40. The molecule has 0 saturated carbocycles. The minimum absolute atomic E-state index is 0.0530. The second-order valence-corrected chi connectivity index (χ2v) is 7.36. The fourth-order valence-electron chi connectivity index (χ4n) is 2.03. The first-order chi connectivity index (χ1) is 12.6. The molecular weight excluding hydrogens is 378 g/mol. The Labute approximate surface area is 156 Å². The first-order valence-electron chi connectivity index (χ1n) is 7.84. The van der Waals surface area contributed by atoms with Crippen molar-refractivity contribution >= 4 is 27.5 Å². The van der Waals surface area contributed by atoms with E-state index in [1.807, 2.05) is 0 Å². The molecule has 0 spiro atoms. The number of pyridine rings is 1. The number of carbonyl (C=O) groups is 1. The van der Waals surface area contributed by atoms with Crippen LogP contribution in [0, 0.1) is 10.1 Å². The van der Waals surface area contributed by atoms with E-state index in [0.29, 0.717) is 12.0 Å². The van der Waals surface area contributed by atoms with Crippen molar-refractivity contribution in [2.45, 2.75) is 26.3 Å². The summed E-state index contributed by atoms with van der Waals surface area (Å²) < 4.78 is 24.4. The maximum atomic E-state index is 12.1. The Hall–Kier alpha value is -3.02. The summed E-state index contributed by atoms with van der Waals surface area (Å²) in [7, 11) is -3.47. The Morgan fingerprint density at radius 3 is 2.59 bits per heavy atom. The molecule has 148 valence electrons. The minimum atomic E-state index is -3.47. The molecule has 1 rings (SSSR count). The lowest BCUT2D eigenvalue weighted by atomic mass is 10.0. The van der Waals surface area contributed by atoms with Crippen LogP contribution in [-0.4, -0.2) is 54.0 Å². The molecule has 3 N–H and O–H groups in total. The van der Waals surface area contributed by atoms with Crippen molar-refractivity contribution in [3.05, 3.63) is 45.7 Å². The second-order valence-electron chi connectivity index (χ2n) is 5.61. The van der Waals surface area contributed by atoms with Crippen molar-refractivity contribution in [2.24, 2.45) is 5.16 Å². The van der Waals surface area contributed by atoms with Gasteiger partial charge in [-0.05, 0) is 24.6 Å². The van der Waals surface area contributed by atoms with Gasteiger partial charge >= 0.3 is 0 Å². The standard InChI is InChI=1S/C15H21N5O6S/c1-4-11(10(2)20(23)24)7-13(18-22)9-17-15(21)12-5-6-14(16-8-12)19-27(3,25)26/h5-8,10,22H,4,9H2,1-3H3,(H,16,19)(H,17,21)/b11-7+,18-13+. The molecule has 0 aliphatic carbocycles. The van der Waals surface area contributed by atoms with E-state index >= 15 is 0 Å². The highest BCUT2D eigenvalue weighted by Crippen LogP contribution is 2.10. The predicted molar refractivity (Wildman–Crippen MR) is 99.1 cm³/mol. The number of rotatable bonds is 9. The highest BCUT2D eigenvalue weighted by atomic mass is 32.2. The molecule has 0 bridgehead atoms. The number of anilines is 1. The summed E-state index contributed by atoms with van der Waals surface area (Å²) in [5.74, 6) is -0.473. The van der Waals surface area contributed by atoms with Gasteiger partial charge in [0.15, 0.2) is 0 Å². The highest BCUT2D eigenvalue weighted by molar-refractivity contribution is 7.92. The van der Waals surface area contributed by atoms with Gasteiger partial charge in [-0.2, -0.15) is 0 Å². The number of sulfonamides is 1. The topological polar surface area (TPSA) is 164 Å². The van der Waals surface area contributed by atoms with Gasteiger partial charge in [0, 0.05) is 23.6 Å². The van der Waals surface area contributed by atoms with Crippen LogP contribution >= 0.6 is 0 Å². The number of hydrogen-bond donors (Lipinski definition) is 3. The molecule has 0 aliphatic heterocycles. The number of hydrogen-bond acceptors (Lipinski definition) is 8. The van der Waals surface area contributed by atoms with E-state index in [9.17, 15) is 23.3 Å². The summed E-state index contributed by atoms with van der Waals surface area (Å²) in [5, 5.41) is 25.5. The maximum Gasteiger partial charge on any atom is 0.253 e. The number of oxime groups is 1. The van der Waals surface area contributed by atoms with E-state index in [0.717, 1.165) is 6.26 Å². The van der Waals surface area contributed by atoms with Crippen molar-refractivity contribution in [1.82, 2.24) is 10.3 Å². The van der Waals surface area contributed by atoms with Gasteiger partial charge in [0.25, 0.3) is 5.91 Å². The number of carbonyl (C=O) groups excluding carboxylic acids is 1. The van der Waals surface area contributed by atoms with Gasteiger partial charge in [0.05, 0.1) is 24.1 Å². The number of nitro groups is 1. The van der Waals surface area contributed by atoms with E-state index in [1.165, 1.54) is 31.3 Å². The lowest BCUT2D eigenvalue weighted by Gasteiger charge is -2.09. The van der Waals surface area contributed by atoms with E-state index in [1.54, 1.807) is 6.92 Å². The first-order valence-corrected chi connectivity index (χ1v) is 9.73. The first kappa shape index (κ1) is 22.0. The molecule has 1 heterocycles. The Morgan fingerprint density at radius 1 is 1.48 bits per heavy atom. The van der Waals surface area contributed by atoms with Crippen LogP contribution in [0.1, 0.15) is 30.6 Å². The molecular formula is C15H21N5O6S. The molecule has 1 aromatic rings. The molecule has 1 amide bonds. The minimum Gasteiger partial charge on any atom is -0.411 e. The molecule has 0 radical (unpaired) electrons. The Kier molecular flexibility index (Phi) is 7.84. The lowest BCUT2D eigenvalue weighted by Crippen LogP contribution is -2.29. The fraction of sp³-hybridized carbons (Fsp3) is 0.400. The quantitative estimate of drug-likeness (QED) is 0.241. The zero-order valence-corrected chi connectivity index (χ0v) is 15.9. The van der Waals surface area contributed by atoms with Crippen molar-refractivity contribution in [3.63, 3.8) is 0 Å². The van der Waals surface area contributed by atoms with Crippen LogP contribution in [0.2, 0.25) is 0 Å². The zero-order chi connectivity index (χ0) is 20.6. The van der Waals surface area contributed by atoms with Gasteiger partial charge in [-0.25, -0.2) is 13.4 Å². The highest BCUT2D eigenvalue weighted by Gasteiger charge is 2.18. The monoisotopic (exact) mass is 399 g/mol. The normalized spacial score (nSPS) is 13.7. The van der Waals surface area contributed by atoms with E-state index in [-0.39, 0.29) is 23.6 Å². The Bertz CT molecular complexity index is 848. The summed E-state index contributed by atoms with van der Waals surface area (Å²) in [6, 6.07) is 1.75. The summed E-state index contributed by atoms with van der Waals surface area (Å²) in [4.78, 5) is 26.3. The number of nitrogens with one attached hydrogen (secondary N) is 2. The van der Waals surface area contributed by atoms with E-state index < -0.39 is 26.9 Å². The molecule has 1 aromatic heterocycles. The second kappa shape index (κ2) is 9.62. The SMILES string of the molecule is CC/C(=C\C(CNC(=O)c1ccc(NS(C)(=O)=O)nc1)=N/O)C(C)[N+](=O)[O-]. The Morgan fingerprint density at radius 2 is 2.15 bits per heavy atom.